The highest BCUT2D eigenvalue weighted by Gasteiger charge is 2.26. The fourth-order valence-electron chi connectivity index (χ4n) is 0.825. The van der Waals surface area contributed by atoms with Crippen molar-refractivity contribution in [2.24, 2.45) is 4.99 Å². The minimum absolute atomic E-state index is 0.0351. The van der Waals surface area contributed by atoms with Gasteiger partial charge in [0, 0.05) is 13.1 Å². The normalized spacial score (nSPS) is 13.1. The van der Waals surface area contributed by atoms with Crippen molar-refractivity contribution >= 4 is 5.96 Å². The van der Waals surface area contributed by atoms with Crippen LogP contribution >= 0.6 is 0 Å². The maximum Gasteiger partial charge on any atom is 0.390 e. The van der Waals surface area contributed by atoms with Crippen molar-refractivity contribution in [1.82, 2.24) is 10.6 Å². The topological polar surface area (TPSA) is 36.4 Å². The number of guanidine groups is 1. The van der Waals surface area contributed by atoms with Gasteiger partial charge in [0.2, 0.25) is 0 Å². The highest BCUT2D eigenvalue weighted by Crippen LogP contribution is 2.17. The Morgan fingerprint density at radius 3 is 2.31 bits per heavy atom. The zero-order valence-corrected chi connectivity index (χ0v) is 8.74. The van der Waals surface area contributed by atoms with Gasteiger partial charge in [-0.1, -0.05) is 0 Å². The van der Waals surface area contributed by atoms with Crippen molar-refractivity contribution in [3.8, 4) is 0 Å². The lowest BCUT2D eigenvalue weighted by Crippen LogP contribution is -2.39. The van der Waals surface area contributed by atoms with E-state index < -0.39 is 32.1 Å². The summed E-state index contributed by atoms with van der Waals surface area (Å²) < 4.78 is 59.0. The number of nitrogens with zero attached hydrogens (tertiary/aromatic N) is 1. The summed E-state index contributed by atoms with van der Waals surface area (Å²) in [6, 6.07) is 0. The first-order valence-corrected chi connectivity index (χ1v) is 4.72. The first-order chi connectivity index (χ1) is 7.35. The van der Waals surface area contributed by atoms with Crippen molar-refractivity contribution in [3.05, 3.63) is 0 Å². The highest BCUT2D eigenvalue weighted by molar-refractivity contribution is 5.79. The molecule has 0 spiro atoms. The number of nitrogens with one attached hydrogen (secondary N) is 2. The van der Waals surface area contributed by atoms with Crippen molar-refractivity contribution in [1.29, 1.82) is 0 Å². The van der Waals surface area contributed by atoms with Gasteiger partial charge in [0.1, 0.15) is 6.54 Å². The number of rotatable bonds is 5. The minimum atomic E-state index is -4.27. The van der Waals surface area contributed by atoms with Gasteiger partial charge in [-0.05, 0) is 6.92 Å². The lowest BCUT2D eigenvalue weighted by Gasteiger charge is -2.12. The number of halogens is 5. The van der Waals surface area contributed by atoms with Gasteiger partial charge in [0.05, 0.1) is 6.42 Å². The van der Waals surface area contributed by atoms with E-state index >= 15 is 0 Å². The summed E-state index contributed by atoms with van der Waals surface area (Å²) >= 11 is 0. The van der Waals surface area contributed by atoms with E-state index in [4.69, 9.17) is 0 Å². The monoisotopic (exact) mass is 247 g/mol. The number of hydrogen-bond acceptors (Lipinski definition) is 1. The fourth-order valence-corrected chi connectivity index (χ4v) is 0.825. The van der Waals surface area contributed by atoms with Crippen LogP contribution < -0.4 is 10.6 Å². The van der Waals surface area contributed by atoms with Crippen LogP contribution in [0.1, 0.15) is 13.3 Å². The second-order valence-electron chi connectivity index (χ2n) is 2.90. The summed E-state index contributed by atoms with van der Waals surface area (Å²) in [5, 5.41) is 4.88. The number of hydrogen-bond donors (Lipinski definition) is 2. The van der Waals surface area contributed by atoms with Crippen molar-refractivity contribution in [2.75, 3.05) is 19.6 Å². The van der Waals surface area contributed by atoms with Crippen LogP contribution in [-0.2, 0) is 0 Å². The molecule has 3 nitrogen and oxygen atoms in total. The molecule has 16 heavy (non-hydrogen) atoms. The van der Waals surface area contributed by atoms with Crippen LogP contribution in [0.25, 0.3) is 0 Å². The maximum atomic E-state index is 11.8. The summed E-state index contributed by atoms with van der Waals surface area (Å²) in [5.41, 5.74) is 0. The molecule has 0 saturated heterocycles. The molecule has 0 bridgehead atoms. The summed E-state index contributed by atoms with van der Waals surface area (Å²) in [4.78, 5) is 3.41. The van der Waals surface area contributed by atoms with Gasteiger partial charge < -0.3 is 10.6 Å². The standard InChI is InChI=1S/C8H14F5N3/c1-2-14-7(16-5-6(9)10)15-4-3-8(11,12)13/h6H,2-5H2,1H3,(H2,14,15,16). The first kappa shape index (κ1) is 14.9. The molecule has 0 aliphatic carbocycles. The Kier molecular flexibility index (Phi) is 6.75. The molecule has 0 saturated carbocycles. The Morgan fingerprint density at radius 2 is 1.88 bits per heavy atom. The average molecular weight is 247 g/mol. The predicted molar refractivity (Wildman–Crippen MR) is 50.7 cm³/mol. The molecule has 0 aromatic carbocycles. The molecule has 0 aromatic heterocycles. The lowest BCUT2D eigenvalue weighted by molar-refractivity contribution is -0.132. The zero-order valence-electron chi connectivity index (χ0n) is 8.74. The number of aliphatic imine (C=N–C) groups is 1. The molecule has 0 aromatic rings. The molecular weight excluding hydrogens is 233 g/mol. The lowest BCUT2D eigenvalue weighted by atomic mass is 10.4. The smallest absolute Gasteiger partial charge is 0.357 e. The largest absolute Gasteiger partial charge is 0.390 e. The molecule has 8 heteroatoms. The van der Waals surface area contributed by atoms with E-state index in [1.165, 1.54) is 0 Å². The second-order valence-corrected chi connectivity index (χ2v) is 2.90. The van der Waals surface area contributed by atoms with Crippen LogP contribution in [0.2, 0.25) is 0 Å². The predicted octanol–water partition coefficient (Wildman–Crippen LogP) is 1.76. The van der Waals surface area contributed by atoms with E-state index in [2.05, 4.69) is 15.6 Å². The van der Waals surface area contributed by atoms with E-state index in [1.54, 1.807) is 6.92 Å². The molecular formula is C8H14F5N3. The quantitative estimate of drug-likeness (QED) is 0.441. The summed E-state index contributed by atoms with van der Waals surface area (Å²) in [7, 11) is 0. The van der Waals surface area contributed by atoms with Crippen LogP contribution in [0.4, 0.5) is 22.0 Å². The van der Waals surface area contributed by atoms with E-state index in [0.29, 0.717) is 6.54 Å². The van der Waals surface area contributed by atoms with Crippen LogP contribution in [0.15, 0.2) is 4.99 Å². The number of alkyl halides is 5. The van der Waals surface area contributed by atoms with Crippen molar-refractivity contribution in [2.45, 2.75) is 25.9 Å². The van der Waals surface area contributed by atoms with Crippen molar-refractivity contribution in [3.63, 3.8) is 0 Å². The third kappa shape index (κ3) is 9.47. The van der Waals surface area contributed by atoms with Gasteiger partial charge in [-0.3, -0.25) is 0 Å². The Morgan fingerprint density at radius 1 is 1.25 bits per heavy atom. The molecule has 0 atom stereocenters. The third-order valence-corrected chi connectivity index (χ3v) is 1.43. The molecule has 0 fully saturated rings. The molecule has 0 radical (unpaired) electrons. The molecule has 96 valence electrons. The molecule has 2 N–H and O–H groups in total. The Balaban J connectivity index is 3.98. The molecule has 0 rings (SSSR count). The minimum Gasteiger partial charge on any atom is -0.357 e. The third-order valence-electron chi connectivity index (χ3n) is 1.43. The van der Waals surface area contributed by atoms with Crippen molar-refractivity contribution < 1.29 is 22.0 Å². The maximum absolute atomic E-state index is 11.8. The van der Waals surface area contributed by atoms with Crippen LogP contribution in [0.3, 0.4) is 0 Å². The summed E-state index contributed by atoms with van der Waals surface area (Å²) in [6.07, 6.45) is -7.92. The SMILES string of the molecule is CCNC(=NCC(F)F)NCCC(F)(F)F. The van der Waals surface area contributed by atoms with Gasteiger partial charge in [-0.2, -0.15) is 13.2 Å². The molecule has 0 unspecified atom stereocenters. The fraction of sp³-hybridized carbons (Fsp3) is 0.875. The highest BCUT2D eigenvalue weighted by atomic mass is 19.4. The molecule has 0 amide bonds. The van der Waals surface area contributed by atoms with Gasteiger partial charge in [0.15, 0.2) is 5.96 Å². The van der Waals surface area contributed by atoms with Gasteiger partial charge in [-0.25, -0.2) is 13.8 Å². The van der Waals surface area contributed by atoms with Crippen LogP contribution in [-0.4, -0.2) is 38.2 Å². The Bertz CT molecular complexity index is 214. The first-order valence-electron chi connectivity index (χ1n) is 4.72. The summed E-state index contributed by atoms with van der Waals surface area (Å²) in [6.45, 7) is 0.949. The zero-order chi connectivity index (χ0) is 12.6. The molecule has 0 aliphatic heterocycles. The van der Waals surface area contributed by atoms with E-state index in [0.717, 1.165) is 0 Å². The van der Waals surface area contributed by atoms with E-state index in [-0.39, 0.29) is 5.96 Å². The van der Waals surface area contributed by atoms with Crippen LogP contribution in [0, 0.1) is 0 Å². The average Bonchev–Trinajstić information content (AvgIpc) is 2.12. The van der Waals surface area contributed by atoms with Gasteiger partial charge in [-0.15, -0.1) is 0 Å². The van der Waals surface area contributed by atoms with Gasteiger partial charge in [0.25, 0.3) is 6.43 Å². The van der Waals surface area contributed by atoms with E-state index in [1.807, 2.05) is 0 Å². The molecule has 0 heterocycles. The summed E-state index contributed by atoms with van der Waals surface area (Å²) in [5.74, 6) is -0.0351. The van der Waals surface area contributed by atoms with Gasteiger partial charge >= 0.3 is 6.18 Å². The Hall–Kier alpha value is -1.08. The van der Waals surface area contributed by atoms with E-state index in [9.17, 15) is 22.0 Å². The Labute approximate surface area is 90.1 Å². The second kappa shape index (κ2) is 7.24. The molecule has 0 aliphatic rings. The van der Waals surface area contributed by atoms with Crippen LogP contribution in [0.5, 0.6) is 0 Å².